The van der Waals surface area contributed by atoms with Crippen LogP contribution in [0.2, 0.25) is 5.02 Å². The van der Waals surface area contributed by atoms with Crippen molar-refractivity contribution in [1.82, 2.24) is 9.88 Å². The number of β-amino-alcohol motifs (C(OH)–C–C–N with tert-alkyl or cyclic N) is 1. The maximum absolute atomic E-state index is 13.3. The highest BCUT2D eigenvalue weighted by molar-refractivity contribution is 6.32. The van der Waals surface area contributed by atoms with Crippen molar-refractivity contribution in [2.45, 2.75) is 70.4 Å². The highest BCUT2D eigenvalue weighted by atomic mass is 35.5. The van der Waals surface area contributed by atoms with Crippen LogP contribution in [-0.4, -0.2) is 57.7 Å². The van der Waals surface area contributed by atoms with Crippen LogP contribution in [0.1, 0.15) is 67.3 Å². The molecule has 1 saturated heterocycles. The minimum absolute atomic E-state index is 0.108. The molecular weight excluding hydrogens is 510 g/mol. The van der Waals surface area contributed by atoms with Gasteiger partial charge < -0.3 is 20.4 Å². The van der Waals surface area contributed by atoms with E-state index in [2.05, 4.69) is 21.3 Å². The number of Topliss-reactive ketones (excluding diaryl/α,β-unsaturated/α-hetero) is 1. The van der Waals surface area contributed by atoms with E-state index in [0.717, 1.165) is 90.9 Å². The van der Waals surface area contributed by atoms with Gasteiger partial charge in [0.15, 0.2) is 5.78 Å². The van der Waals surface area contributed by atoms with E-state index in [1.54, 1.807) is 12.3 Å². The SMILES string of the molecule is Cc1cc(-c2ccc3ncc(C(=O)C4CC4)c(NC4CCC(CCN5CCC(O)C5)CC4)c3c2)cc(Cl)c1O. The third kappa shape index (κ3) is 5.79. The minimum Gasteiger partial charge on any atom is -0.506 e. The normalized spacial score (nSPS) is 23.8. The minimum atomic E-state index is -0.150. The number of aromatic nitrogens is 1. The molecule has 2 saturated carbocycles. The first-order valence-corrected chi connectivity index (χ1v) is 14.9. The van der Waals surface area contributed by atoms with Gasteiger partial charge in [0.25, 0.3) is 0 Å². The Balaban J connectivity index is 1.24. The molecule has 0 spiro atoms. The second-order valence-electron chi connectivity index (χ2n) is 11.9. The van der Waals surface area contributed by atoms with Gasteiger partial charge in [0.05, 0.1) is 27.9 Å². The predicted octanol–water partition coefficient (Wildman–Crippen LogP) is 6.59. The molecule has 0 amide bonds. The molecule has 6 rings (SSSR count). The summed E-state index contributed by atoms with van der Waals surface area (Å²) in [6.07, 6.45) is 10.2. The second-order valence-corrected chi connectivity index (χ2v) is 12.3. The number of aryl methyl sites for hydroxylation is 1. The van der Waals surface area contributed by atoms with Crippen molar-refractivity contribution in [3.8, 4) is 16.9 Å². The Labute approximate surface area is 235 Å². The van der Waals surface area contributed by atoms with Crippen LogP contribution in [-0.2, 0) is 0 Å². The van der Waals surface area contributed by atoms with Crippen molar-refractivity contribution in [2.24, 2.45) is 11.8 Å². The quantitative estimate of drug-likeness (QED) is 0.276. The Morgan fingerprint density at radius 1 is 1.08 bits per heavy atom. The summed E-state index contributed by atoms with van der Waals surface area (Å²) in [6.45, 7) is 4.76. The van der Waals surface area contributed by atoms with E-state index in [1.807, 2.05) is 25.1 Å². The number of likely N-dealkylation sites (tertiary alicyclic amines) is 1. The molecule has 1 atom stereocenters. The van der Waals surface area contributed by atoms with Gasteiger partial charge in [0.2, 0.25) is 0 Å². The smallest absolute Gasteiger partial charge is 0.169 e. The molecule has 3 aliphatic rings. The molecule has 1 unspecified atom stereocenters. The number of aliphatic hydroxyl groups is 1. The first-order valence-electron chi connectivity index (χ1n) is 14.5. The van der Waals surface area contributed by atoms with Crippen molar-refractivity contribution in [2.75, 3.05) is 25.0 Å². The Hall–Kier alpha value is -2.67. The van der Waals surface area contributed by atoms with Crippen LogP contribution >= 0.6 is 11.6 Å². The van der Waals surface area contributed by atoms with E-state index in [1.165, 1.54) is 19.3 Å². The Morgan fingerprint density at radius 2 is 1.87 bits per heavy atom. The lowest BCUT2D eigenvalue weighted by atomic mass is 9.83. The summed E-state index contributed by atoms with van der Waals surface area (Å²) >= 11 is 6.30. The molecule has 2 aliphatic carbocycles. The zero-order valence-corrected chi connectivity index (χ0v) is 23.4. The maximum Gasteiger partial charge on any atom is 0.169 e. The number of hydrogen-bond acceptors (Lipinski definition) is 6. The lowest BCUT2D eigenvalue weighted by molar-refractivity contribution is 0.0968. The molecule has 39 heavy (non-hydrogen) atoms. The summed E-state index contributed by atoms with van der Waals surface area (Å²) in [5.41, 5.74) is 5.10. The number of hydrogen-bond donors (Lipinski definition) is 3. The number of nitrogens with one attached hydrogen (secondary N) is 1. The molecule has 3 aromatic rings. The number of rotatable bonds is 8. The number of phenols is 1. The number of fused-ring (bicyclic) bond motifs is 1. The first-order chi connectivity index (χ1) is 18.9. The van der Waals surface area contributed by atoms with E-state index in [4.69, 9.17) is 11.6 Å². The van der Waals surface area contributed by atoms with Crippen LogP contribution in [0.4, 0.5) is 5.69 Å². The predicted molar refractivity (Wildman–Crippen MR) is 157 cm³/mol. The summed E-state index contributed by atoms with van der Waals surface area (Å²) in [7, 11) is 0. The number of nitrogens with zero attached hydrogens (tertiary/aromatic N) is 2. The zero-order valence-electron chi connectivity index (χ0n) is 22.6. The van der Waals surface area contributed by atoms with Gasteiger partial charge in [-0.25, -0.2) is 0 Å². The Bertz CT molecular complexity index is 1360. The van der Waals surface area contributed by atoms with E-state index in [-0.39, 0.29) is 23.6 Å². The second kappa shape index (κ2) is 11.1. The van der Waals surface area contributed by atoms with Gasteiger partial charge >= 0.3 is 0 Å². The van der Waals surface area contributed by atoms with Crippen LogP contribution in [0.25, 0.3) is 22.0 Å². The number of phenolic OH excluding ortho intramolecular Hbond substituents is 1. The fraction of sp³-hybridized carbons (Fsp3) is 0.500. The van der Waals surface area contributed by atoms with Crippen molar-refractivity contribution >= 4 is 34.0 Å². The van der Waals surface area contributed by atoms with Crippen LogP contribution in [0, 0.1) is 18.8 Å². The van der Waals surface area contributed by atoms with Crippen LogP contribution in [0.5, 0.6) is 5.75 Å². The molecule has 1 aliphatic heterocycles. The molecule has 6 nitrogen and oxygen atoms in total. The molecule has 3 N–H and O–H groups in total. The maximum atomic E-state index is 13.3. The fourth-order valence-electron chi connectivity index (χ4n) is 6.36. The van der Waals surface area contributed by atoms with Crippen molar-refractivity contribution in [3.05, 3.63) is 52.7 Å². The monoisotopic (exact) mass is 547 g/mol. The summed E-state index contributed by atoms with van der Waals surface area (Å²) in [5, 5.41) is 25.1. The fourth-order valence-corrected chi connectivity index (χ4v) is 6.63. The highest BCUT2D eigenvalue weighted by Crippen LogP contribution is 2.40. The lowest BCUT2D eigenvalue weighted by Gasteiger charge is -2.31. The molecular formula is C32H38ClN3O3. The number of ketones is 1. The van der Waals surface area contributed by atoms with Gasteiger partial charge in [0, 0.05) is 36.6 Å². The number of pyridine rings is 1. The number of carbonyl (C=O) groups excluding carboxylic acids is 1. The molecule has 2 aromatic carbocycles. The van der Waals surface area contributed by atoms with Crippen LogP contribution < -0.4 is 5.32 Å². The van der Waals surface area contributed by atoms with Crippen molar-refractivity contribution < 1.29 is 15.0 Å². The van der Waals surface area contributed by atoms with Gasteiger partial charge in [-0.05, 0) is 112 Å². The van der Waals surface area contributed by atoms with Gasteiger partial charge in [-0.15, -0.1) is 0 Å². The molecule has 0 radical (unpaired) electrons. The number of halogens is 1. The number of benzene rings is 2. The van der Waals surface area contributed by atoms with Gasteiger partial charge in [-0.1, -0.05) is 17.7 Å². The number of aliphatic hydroxyl groups excluding tert-OH is 1. The molecule has 0 bridgehead atoms. The number of aromatic hydroxyl groups is 1. The standard InChI is InChI=1S/C32H38ClN3O3/c1-19-14-23(16-28(33)31(19)38)22-6-9-29-26(15-22)30(27(17-34-29)32(39)21-4-5-21)35-24-7-2-20(3-8-24)10-12-36-13-11-25(37)18-36/h6,9,14-17,20-21,24-25,37-38H,2-5,7-8,10-13,18H2,1H3,(H,34,35). The van der Waals surface area contributed by atoms with Crippen molar-refractivity contribution in [3.63, 3.8) is 0 Å². The van der Waals surface area contributed by atoms with E-state index in [0.29, 0.717) is 16.6 Å². The molecule has 3 fully saturated rings. The Kier molecular flexibility index (Phi) is 7.54. The van der Waals surface area contributed by atoms with Gasteiger partial charge in [-0.3, -0.25) is 9.78 Å². The van der Waals surface area contributed by atoms with Crippen molar-refractivity contribution in [1.29, 1.82) is 0 Å². The number of anilines is 1. The third-order valence-electron chi connectivity index (χ3n) is 8.97. The van der Waals surface area contributed by atoms with E-state index < -0.39 is 0 Å². The van der Waals surface area contributed by atoms with Gasteiger partial charge in [0.1, 0.15) is 5.75 Å². The Morgan fingerprint density at radius 3 is 2.56 bits per heavy atom. The lowest BCUT2D eigenvalue weighted by Crippen LogP contribution is -2.30. The van der Waals surface area contributed by atoms with E-state index in [9.17, 15) is 15.0 Å². The molecule has 1 aromatic heterocycles. The summed E-state index contributed by atoms with van der Waals surface area (Å²) in [5.74, 6) is 1.14. The van der Waals surface area contributed by atoms with Gasteiger partial charge in [-0.2, -0.15) is 0 Å². The first kappa shape index (κ1) is 26.5. The van der Waals surface area contributed by atoms with Crippen LogP contribution in [0.3, 0.4) is 0 Å². The zero-order chi connectivity index (χ0) is 27.1. The average molecular weight is 548 g/mol. The summed E-state index contributed by atoms with van der Waals surface area (Å²) in [6, 6.07) is 10.2. The largest absolute Gasteiger partial charge is 0.506 e. The molecule has 2 heterocycles. The highest BCUT2D eigenvalue weighted by Gasteiger charge is 2.33. The number of carbonyl (C=O) groups is 1. The molecule has 206 valence electrons. The molecule has 7 heteroatoms. The average Bonchev–Trinajstić information content (AvgIpc) is 3.71. The summed E-state index contributed by atoms with van der Waals surface area (Å²) < 4.78 is 0. The summed E-state index contributed by atoms with van der Waals surface area (Å²) in [4.78, 5) is 20.4. The third-order valence-corrected chi connectivity index (χ3v) is 9.25. The van der Waals surface area contributed by atoms with Crippen LogP contribution in [0.15, 0.2) is 36.5 Å². The van der Waals surface area contributed by atoms with E-state index >= 15 is 0 Å². The topological polar surface area (TPSA) is 85.7 Å².